The Kier molecular flexibility index (Phi) is 5.84. The summed E-state index contributed by atoms with van der Waals surface area (Å²) in [5, 5.41) is 10.8. The minimum absolute atomic E-state index is 0.0406. The molecule has 1 aromatic carbocycles. The molecule has 0 radical (unpaired) electrons. The second-order valence-electron chi connectivity index (χ2n) is 5.86. The van der Waals surface area contributed by atoms with Crippen molar-refractivity contribution in [1.29, 1.82) is 0 Å². The lowest BCUT2D eigenvalue weighted by molar-refractivity contribution is -0.384. The van der Waals surface area contributed by atoms with Crippen LogP contribution in [0.3, 0.4) is 0 Å². The van der Waals surface area contributed by atoms with Crippen molar-refractivity contribution < 1.29 is 28.8 Å². The van der Waals surface area contributed by atoms with Gasteiger partial charge in [0, 0.05) is 30.4 Å². The van der Waals surface area contributed by atoms with Crippen molar-refractivity contribution in [3.63, 3.8) is 0 Å². The number of hydrogen-bond donors (Lipinski definition) is 0. The third kappa shape index (κ3) is 3.84. The van der Waals surface area contributed by atoms with Crippen LogP contribution in [-0.2, 0) is 23.9 Å². The first-order valence-electron chi connectivity index (χ1n) is 7.83. The van der Waals surface area contributed by atoms with Gasteiger partial charge in [-0.3, -0.25) is 24.5 Å². The van der Waals surface area contributed by atoms with Gasteiger partial charge in [-0.25, -0.2) is 0 Å². The predicted molar refractivity (Wildman–Crippen MR) is 85.7 cm³/mol. The Labute approximate surface area is 144 Å². The number of rotatable bonds is 6. The molecule has 2 atom stereocenters. The minimum atomic E-state index is -1.30. The molecule has 0 N–H and O–H groups in total. The van der Waals surface area contributed by atoms with Crippen LogP contribution in [-0.4, -0.2) is 36.9 Å². The molecule has 0 aliphatic heterocycles. The van der Waals surface area contributed by atoms with E-state index in [2.05, 4.69) is 0 Å². The molecule has 1 fully saturated rings. The van der Waals surface area contributed by atoms with E-state index in [4.69, 9.17) is 9.47 Å². The highest BCUT2D eigenvalue weighted by Gasteiger charge is 2.45. The fourth-order valence-electron chi connectivity index (χ4n) is 3.34. The van der Waals surface area contributed by atoms with Crippen molar-refractivity contribution in [3.05, 3.63) is 39.9 Å². The van der Waals surface area contributed by atoms with Gasteiger partial charge in [-0.1, -0.05) is 12.1 Å². The van der Waals surface area contributed by atoms with Gasteiger partial charge in [0.25, 0.3) is 5.69 Å². The molecule has 1 aromatic rings. The summed E-state index contributed by atoms with van der Waals surface area (Å²) in [6, 6.07) is 5.50. The first kappa shape index (κ1) is 18.6. The lowest BCUT2D eigenvalue weighted by Crippen LogP contribution is -2.37. The summed E-state index contributed by atoms with van der Waals surface area (Å²) in [7, 11) is 2.31. The van der Waals surface area contributed by atoms with Gasteiger partial charge < -0.3 is 9.47 Å². The maximum absolute atomic E-state index is 12.3. The molecule has 25 heavy (non-hydrogen) atoms. The molecule has 1 saturated carbocycles. The van der Waals surface area contributed by atoms with Gasteiger partial charge in [0.2, 0.25) is 0 Å². The second-order valence-corrected chi connectivity index (χ2v) is 5.86. The number of nitrogens with zero attached hydrogens (tertiary/aromatic N) is 1. The number of hydrogen-bond acceptors (Lipinski definition) is 7. The molecule has 0 unspecified atom stereocenters. The Hall–Kier alpha value is -2.77. The first-order valence-corrected chi connectivity index (χ1v) is 7.83. The van der Waals surface area contributed by atoms with E-state index >= 15 is 0 Å². The van der Waals surface area contributed by atoms with Crippen LogP contribution in [0.25, 0.3) is 0 Å². The Morgan fingerprint density at radius 1 is 1.16 bits per heavy atom. The molecule has 0 bridgehead atoms. The topological polar surface area (TPSA) is 113 Å². The molecule has 0 heterocycles. The predicted octanol–water partition coefficient (Wildman–Crippen LogP) is 2.01. The van der Waals surface area contributed by atoms with Crippen LogP contribution in [0.1, 0.15) is 30.7 Å². The van der Waals surface area contributed by atoms with Gasteiger partial charge in [0.05, 0.1) is 19.1 Å². The molecule has 8 heteroatoms. The van der Waals surface area contributed by atoms with Crippen LogP contribution in [0.4, 0.5) is 5.69 Å². The van der Waals surface area contributed by atoms with Crippen LogP contribution in [0.2, 0.25) is 0 Å². The van der Waals surface area contributed by atoms with Crippen LogP contribution in [0.15, 0.2) is 24.3 Å². The number of carbonyl (C=O) groups is 3. The van der Waals surface area contributed by atoms with Crippen molar-refractivity contribution in [3.8, 4) is 0 Å². The SMILES string of the molecule is COC(=O)C(C(=O)OC)[C@@H](c1ccc([N+](=O)[O-])cc1)[C@@H]1CCCC1=O. The van der Waals surface area contributed by atoms with Crippen LogP contribution in [0, 0.1) is 22.0 Å². The molecule has 2 rings (SSSR count). The van der Waals surface area contributed by atoms with Gasteiger partial charge >= 0.3 is 11.9 Å². The summed E-state index contributed by atoms with van der Waals surface area (Å²) in [5.41, 5.74) is 0.375. The second kappa shape index (κ2) is 7.87. The fourth-order valence-corrected chi connectivity index (χ4v) is 3.34. The zero-order valence-corrected chi connectivity index (χ0v) is 14.0. The number of methoxy groups -OCH3 is 2. The Morgan fingerprint density at radius 2 is 1.72 bits per heavy atom. The number of benzene rings is 1. The van der Waals surface area contributed by atoms with Crippen molar-refractivity contribution in [2.24, 2.45) is 11.8 Å². The highest BCUT2D eigenvalue weighted by molar-refractivity contribution is 5.97. The summed E-state index contributed by atoms with van der Waals surface area (Å²) in [4.78, 5) is 47.0. The number of nitro groups is 1. The monoisotopic (exact) mass is 349 g/mol. The summed E-state index contributed by atoms with van der Waals surface area (Å²) >= 11 is 0. The number of ether oxygens (including phenoxy) is 2. The standard InChI is InChI=1S/C17H19NO7/c1-24-16(20)15(17(21)25-2)14(12-4-3-5-13(12)19)10-6-8-11(9-7-10)18(22)23/h6-9,12,14-15H,3-5H2,1-2H3/t12-,14+/m1/s1. The lowest BCUT2D eigenvalue weighted by atomic mass is 9.75. The third-order valence-corrected chi connectivity index (χ3v) is 4.54. The van der Waals surface area contributed by atoms with Gasteiger partial charge in [-0.15, -0.1) is 0 Å². The van der Waals surface area contributed by atoms with Crippen LogP contribution < -0.4 is 0 Å². The van der Waals surface area contributed by atoms with Gasteiger partial charge in [-0.05, 0) is 18.4 Å². The minimum Gasteiger partial charge on any atom is -0.468 e. The van der Waals surface area contributed by atoms with E-state index in [1.165, 1.54) is 24.3 Å². The Bertz CT molecular complexity index is 667. The molecule has 134 valence electrons. The molecule has 0 spiro atoms. The summed E-state index contributed by atoms with van der Waals surface area (Å²) in [5.74, 6) is -4.25. The smallest absolute Gasteiger partial charge is 0.320 e. The summed E-state index contributed by atoms with van der Waals surface area (Å²) in [6.07, 6.45) is 1.58. The number of carbonyl (C=O) groups excluding carboxylic acids is 3. The summed E-state index contributed by atoms with van der Waals surface area (Å²) < 4.78 is 9.47. The van der Waals surface area contributed by atoms with Crippen molar-refractivity contribution in [2.45, 2.75) is 25.2 Å². The lowest BCUT2D eigenvalue weighted by Gasteiger charge is -2.28. The number of esters is 2. The average Bonchev–Trinajstić information content (AvgIpc) is 3.04. The normalized spacial score (nSPS) is 18.0. The number of nitro benzene ring substituents is 1. The number of ketones is 1. The molecule has 8 nitrogen and oxygen atoms in total. The average molecular weight is 349 g/mol. The molecule has 0 amide bonds. The van der Waals surface area contributed by atoms with Crippen LogP contribution in [0.5, 0.6) is 0 Å². The highest BCUT2D eigenvalue weighted by Crippen LogP contribution is 2.41. The van der Waals surface area contributed by atoms with E-state index in [1.807, 2.05) is 0 Å². The van der Waals surface area contributed by atoms with Crippen molar-refractivity contribution in [1.82, 2.24) is 0 Å². The van der Waals surface area contributed by atoms with E-state index in [-0.39, 0.29) is 11.5 Å². The first-order chi connectivity index (χ1) is 11.9. The van der Waals surface area contributed by atoms with E-state index in [0.29, 0.717) is 24.8 Å². The molecular weight excluding hydrogens is 330 g/mol. The number of non-ortho nitro benzene ring substituents is 1. The zero-order chi connectivity index (χ0) is 18.6. The van der Waals surface area contributed by atoms with E-state index in [0.717, 1.165) is 14.2 Å². The van der Waals surface area contributed by atoms with Gasteiger partial charge in [0.15, 0.2) is 5.92 Å². The Balaban J connectivity index is 2.51. The largest absolute Gasteiger partial charge is 0.468 e. The molecule has 1 aliphatic carbocycles. The van der Waals surface area contributed by atoms with E-state index in [9.17, 15) is 24.5 Å². The van der Waals surface area contributed by atoms with Crippen molar-refractivity contribution >= 4 is 23.4 Å². The highest BCUT2D eigenvalue weighted by atomic mass is 16.6. The molecule has 0 saturated heterocycles. The maximum atomic E-state index is 12.3. The fraction of sp³-hybridized carbons (Fsp3) is 0.471. The van der Waals surface area contributed by atoms with E-state index < -0.39 is 34.6 Å². The Morgan fingerprint density at radius 3 is 2.12 bits per heavy atom. The number of Topliss-reactive ketones (excluding diaryl/α,β-unsaturated/α-hetero) is 1. The van der Waals surface area contributed by atoms with Gasteiger partial charge in [-0.2, -0.15) is 0 Å². The van der Waals surface area contributed by atoms with E-state index in [1.54, 1.807) is 0 Å². The van der Waals surface area contributed by atoms with Crippen LogP contribution >= 0.6 is 0 Å². The zero-order valence-electron chi connectivity index (χ0n) is 14.0. The third-order valence-electron chi connectivity index (χ3n) is 4.54. The molecule has 1 aliphatic rings. The van der Waals surface area contributed by atoms with Crippen molar-refractivity contribution in [2.75, 3.05) is 14.2 Å². The quantitative estimate of drug-likeness (QED) is 0.334. The summed E-state index contributed by atoms with van der Waals surface area (Å²) in [6.45, 7) is 0. The molecule has 0 aromatic heterocycles. The van der Waals surface area contributed by atoms with Gasteiger partial charge in [0.1, 0.15) is 5.78 Å². The maximum Gasteiger partial charge on any atom is 0.320 e. The molecular formula is C17H19NO7.